The first-order chi connectivity index (χ1) is 8.13. The molecule has 0 aliphatic heterocycles. The van der Waals surface area contributed by atoms with Crippen LogP contribution < -0.4 is 10.2 Å². The zero-order chi connectivity index (χ0) is 12.4. The van der Waals surface area contributed by atoms with Crippen LogP contribution in [0.3, 0.4) is 0 Å². The molecule has 3 heteroatoms. The second-order valence-corrected chi connectivity index (χ2v) is 5.20. The summed E-state index contributed by atoms with van der Waals surface area (Å²) >= 11 is 0. The number of anilines is 1. The fourth-order valence-corrected chi connectivity index (χ4v) is 2.38. The van der Waals surface area contributed by atoms with Gasteiger partial charge < -0.3 is 10.2 Å². The van der Waals surface area contributed by atoms with Crippen molar-refractivity contribution in [1.29, 1.82) is 0 Å². The Bertz CT molecular complexity index is 385. The van der Waals surface area contributed by atoms with Crippen molar-refractivity contribution in [3.8, 4) is 0 Å². The van der Waals surface area contributed by atoms with Crippen molar-refractivity contribution in [1.82, 2.24) is 10.3 Å². The molecule has 1 aliphatic carbocycles. The highest BCUT2D eigenvalue weighted by atomic mass is 15.2. The van der Waals surface area contributed by atoms with E-state index in [0.29, 0.717) is 6.04 Å². The molecule has 1 saturated carbocycles. The van der Waals surface area contributed by atoms with E-state index in [1.807, 2.05) is 13.2 Å². The van der Waals surface area contributed by atoms with Gasteiger partial charge in [-0.2, -0.15) is 0 Å². The third-order valence-electron chi connectivity index (χ3n) is 3.74. The van der Waals surface area contributed by atoms with Gasteiger partial charge in [0.25, 0.3) is 0 Å². The van der Waals surface area contributed by atoms with E-state index in [9.17, 15) is 0 Å². The minimum absolute atomic E-state index is 0.608. The lowest BCUT2D eigenvalue weighted by Crippen LogP contribution is -2.31. The van der Waals surface area contributed by atoms with Gasteiger partial charge in [-0.3, -0.25) is 0 Å². The zero-order valence-electron chi connectivity index (χ0n) is 11.3. The molecule has 3 nitrogen and oxygen atoms in total. The summed E-state index contributed by atoms with van der Waals surface area (Å²) in [6, 6.07) is 2.84. The largest absolute Gasteiger partial charge is 0.356 e. The van der Waals surface area contributed by atoms with E-state index in [1.165, 1.54) is 24.0 Å². The first-order valence-electron chi connectivity index (χ1n) is 6.46. The van der Waals surface area contributed by atoms with Crippen LogP contribution in [0.4, 0.5) is 5.82 Å². The smallest absolute Gasteiger partial charge is 0.131 e. The monoisotopic (exact) mass is 233 g/mol. The lowest BCUT2D eigenvalue weighted by Gasteiger charge is -2.27. The summed E-state index contributed by atoms with van der Waals surface area (Å²) in [6.07, 6.45) is 4.74. The van der Waals surface area contributed by atoms with E-state index in [-0.39, 0.29) is 0 Å². The molecular weight excluding hydrogens is 210 g/mol. The summed E-state index contributed by atoms with van der Waals surface area (Å²) < 4.78 is 0. The second kappa shape index (κ2) is 5.05. The minimum Gasteiger partial charge on any atom is -0.356 e. The number of hydrogen-bond acceptors (Lipinski definition) is 3. The molecule has 1 unspecified atom stereocenters. The standard InChI is InChI=1S/C14H23N3/c1-10-7-12(8-15-3)9-16-14(10)17(4)11(2)13-5-6-13/h7,9,11,13,15H,5-6,8H2,1-4H3. The van der Waals surface area contributed by atoms with Crippen LogP contribution in [0.2, 0.25) is 0 Å². The van der Waals surface area contributed by atoms with Crippen molar-refractivity contribution in [3.63, 3.8) is 0 Å². The molecule has 94 valence electrons. The summed E-state index contributed by atoms with van der Waals surface area (Å²) in [4.78, 5) is 6.94. The molecular formula is C14H23N3. The van der Waals surface area contributed by atoms with Gasteiger partial charge in [-0.1, -0.05) is 0 Å². The van der Waals surface area contributed by atoms with Crippen molar-refractivity contribution in [3.05, 3.63) is 23.4 Å². The maximum Gasteiger partial charge on any atom is 0.131 e. The molecule has 17 heavy (non-hydrogen) atoms. The summed E-state index contributed by atoms with van der Waals surface area (Å²) in [5.74, 6) is 2.00. The lowest BCUT2D eigenvalue weighted by atomic mass is 10.1. The molecule has 1 fully saturated rings. The third-order valence-corrected chi connectivity index (χ3v) is 3.74. The number of aromatic nitrogens is 1. The zero-order valence-corrected chi connectivity index (χ0v) is 11.3. The van der Waals surface area contributed by atoms with Crippen LogP contribution in [0, 0.1) is 12.8 Å². The maximum absolute atomic E-state index is 4.61. The first kappa shape index (κ1) is 12.4. The number of aryl methyl sites for hydroxylation is 1. The predicted octanol–water partition coefficient (Wildman–Crippen LogP) is 2.34. The van der Waals surface area contributed by atoms with Gasteiger partial charge in [0.1, 0.15) is 5.82 Å². The molecule has 0 amide bonds. The van der Waals surface area contributed by atoms with Gasteiger partial charge in [-0.15, -0.1) is 0 Å². The van der Waals surface area contributed by atoms with Crippen LogP contribution in [0.1, 0.15) is 30.9 Å². The highest BCUT2D eigenvalue weighted by Crippen LogP contribution is 2.36. The van der Waals surface area contributed by atoms with Crippen LogP contribution >= 0.6 is 0 Å². The number of hydrogen-bond donors (Lipinski definition) is 1. The second-order valence-electron chi connectivity index (χ2n) is 5.20. The van der Waals surface area contributed by atoms with Crippen molar-refractivity contribution in [2.75, 3.05) is 19.0 Å². The number of rotatable bonds is 5. The average molecular weight is 233 g/mol. The molecule has 1 aromatic heterocycles. The molecule has 2 rings (SSSR count). The summed E-state index contributed by atoms with van der Waals surface area (Å²) in [7, 11) is 4.13. The van der Waals surface area contributed by atoms with Gasteiger partial charge in [0.15, 0.2) is 0 Å². The third kappa shape index (κ3) is 2.78. The number of pyridine rings is 1. The van der Waals surface area contributed by atoms with Crippen LogP contribution in [0.5, 0.6) is 0 Å². The minimum atomic E-state index is 0.608. The maximum atomic E-state index is 4.61. The van der Waals surface area contributed by atoms with Gasteiger partial charge in [0.2, 0.25) is 0 Å². The SMILES string of the molecule is CNCc1cnc(N(C)C(C)C2CC2)c(C)c1. The molecule has 1 aliphatic rings. The normalized spacial score (nSPS) is 16.9. The van der Waals surface area contributed by atoms with Gasteiger partial charge in [-0.05, 0) is 56.8 Å². The van der Waals surface area contributed by atoms with E-state index in [4.69, 9.17) is 0 Å². The molecule has 0 saturated heterocycles. The quantitative estimate of drug-likeness (QED) is 0.846. The molecule has 1 N–H and O–H groups in total. The number of nitrogens with one attached hydrogen (secondary N) is 1. The van der Waals surface area contributed by atoms with E-state index in [2.05, 4.69) is 42.2 Å². The van der Waals surface area contributed by atoms with Crippen molar-refractivity contribution in [2.45, 2.75) is 39.3 Å². The fraction of sp³-hybridized carbons (Fsp3) is 0.643. The Kier molecular flexibility index (Phi) is 3.67. The van der Waals surface area contributed by atoms with Crippen molar-refractivity contribution >= 4 is 5.82 Å². The van der Waals surface area contributed by atoms with Gasteiger partial charge in [-0.25, -0.2) is 4.98 Å². The summed E-state index contributed by atoms with van der Waals surface area (Å²) in [5, 5.41) is 3.16. The van der Waals surface area contributed by atoms with Crippen LogP contribution in [0.25, 0.3) is 0 Å². The van der Waals surface area contributed by atoms with Crippen LogP contribution in [-0.2, 0) is 6.54 Å². The highest BCUT2D eigenvalue weighted by Gasteiger charge is 2.31. The predicted molar refractivity (Wildman–Crippen MR) is 72.3 cm³/mol. The van der Waals surface area contributed by atoms with E-state index in [0.717, 1.165) is 18.3 Å². The molecule has 0 aromatic carbocycles. The molecule has 0 radical (unpaired) electrons. The molecule has 0 bridgehead atoms. The van der Waals surface area contributed by atoms with E-state index < -0.39 is 0 Å². The summed E-state index contributed by atoms with van der Waals surface area (Å²) in [5.41, 5.74) is 2.52. The molecule has 0 spiro atoms. The molecule has 1 atom stereocenters. The van der Waals surface area contributed by atoms with E-state index >= 15 is 0 Å². The topological polar surface area (TPSA) is 28.2 Å². The van der Waals surface area contributed by atoms with Crippen molar-refractivity contribution in [2.24, 2.45) is 5.92 Å². The van der Waals surface area contributed by atoms with Crippen LogP contribution in [0.15, 0.2) is 12.3 Å². The Morgan fingerprint density at radius 1 is 1.53 bits per heavy atom. The summed E-state index contributed by atoms with van der Waals surface area (Å²) in [6.45, 7) is 5.34. The van der Waals surface area contributed by atoms with E-state index in [1.54, 1.807) is 0 Å². The van der Waals surface area contributed by atoms with Crippen molar-refractivity contribution < 1.29 is 0 Å². The Balaban J connectivity index is 2.14. The average Bonchev–Trinajstić information content (AvgIpc) is 3.12. The van der Waals surface area contributed by atoms with Gasteiger partial charge in [0, 0.05) is 25.8 Å². The van der Waals surface area contributed by atoms with Gasteiger partial charge in [0.05, 0.1) is 0 Å². The Hall–Kier alpha value is -1.09. The Morgan fingerprint density at radius 2 is 2.24 bits per heavy atom. The van der Waals surface area contributed by atoms with Gasteiger partial charge >= 0.3 is 0 Å². The van der Waals surface area contributed by atoms with Crippen LogP contribution in [-0.4, -0.2) is 25.1 Å². The highest BCUT2D eigenvalue weighted by molar-refractivity contribution is 5.47. The fourth-order valence-electron chi connectivity index (χ4n) is 2.38. The lowest BCUT2D eigenvalue weighted by molar-refractivity contribution is 0.602. The molecule has 1 aromatic rings. The Labute approximate surface area is 104 Å². The molecule has 1 heterocycles. The Morgan fingerprint density at radius 3 is 2.76 bits per heavy atom. The number of nitrogens with zero attached hydrogens (tertiary/aromatic N) is 2. The first-order valence-corrected chi connectivity index (χ1v) is 6.46.